The number of aliphatic hydroxyl groups is 1. The van der Waals surface area contributed by atoms with Crippen LogP contribution in [0.1, 0.15) is 58.9 Å². The zero-order chi connectivity index (χ0) is 17.9. The van der Waals surface area contributed by atoms with Crippen LogP contribution in [0.2, 0.25) is 0 Å². The van der Waals surface area contributed by atoms with Gasteiger partial charge in [-0.25, -0.2) is 0 Å². The molecule has 25 heavy (non-hydrogen) atoms. The maximum absolute atomic E-state index is 11.1. The summed E-state index contributed by atoms with van der Waals surface area (Å²) in [5.74, 6) is 0. The van der Waals surface area contributed by atoms with Gasteiger partial charge in [0.25, 0.3) is 0 Å². The third-order valence-corrected chi connectivity index (χ3v) is 6.42. The maximum atomic E-state index is 11.1. The molecule has 0 radical (unpaired) electrons. The summed E-state index contributed by atoms with van der Waals surface area (Å²) < 4.78 is 18.2. The second kappa shape index (κ2) is 5.81. The van der Waals surface area contributed by atoms with Crippen molar-refractivity contribution in [2.75, 3.05) is 0 Å². The molecule has 0 aromatic heterocycles. The van der Waals surface area contributed by atoms with Gasteiger partial charge in [-0.1, -0.05) is 24.3 Å². The van der Waals surface area contributed by atoms with E-state index in [0.29, 0.717) is 6.42 Å². The van der Waals surface area contributed by atoms with Crippen molar-refractivity contribution in [3.8, 4) is 0 Å². The van der Waals surface area contributed by atoms with Crippen LogP contribution in [0.3, 0.4) is 0 Å². The molecule has 1 aromatic rings. The Morgan fingerprint density at radius 1 is 1.04 bits per heavy atom. The molecule has 4 nitrogen and oxygen atoms in total. The van der Waals surface area contributed by atoms with Crippen molar-refractivity contribution >= 4 is 12.6 Å². The highest BCUT2D eigenvalue weighted by Crippen LogP contribution is 2.40. The number of ether oxygens (including phenoxy) is 1. The average molecular weight is 344 g/mol. The zero-order valence-corrected chi connectivity index (χ0v) is 15.7. The molecule has 5 heteroatoms. The Kier molecular flexibility index (Phi) is 4.08. The Morgan fingerprint density at radius 3 is 2.24 bits per heavy atom. The topological polar surface area (TPSA) is 47.9 Å². The molecule has 4 rings (SSSR count). The van der Waals surface area contributed by atoms with Gasteiger partial charge < -0.3 is 19.2 Å². The van der Waals surface area contributed by atoms with Crippen LogP contribution in [0.25, 0.3) is 0 Å². The minimum Gasteiger partial charge on any atom is -0.399 e. The molecule has 0 saturated carbocycles. The van der Waals surface area contributed by atoms with Gasteiger partial charge in [0.05, 0.1) is 29.0 Å². The van der Waals surface area contributed by atoms with Crippen LogP contribution >= 0.6 is 0 Å². The third kappa shape index (κ3) is 3.28. The van der Waals surface area contributed by atoms with Gasteiger partial charge in [0, 0.05) is 19.3 Å². The van der Waals surface area contributed by atoms with Crippen LogP contribution in [0.4, 0.5) is 0 Å². The molecule has 2 unspecified atom stereocenters. The molecule has 3 saturated heterocycles. The van der Waals surface area contributed by atoms with Gasteiger partial charge in [-0.05, 0) is 51.6 Å². The van der Waals surface area contributed by atoms with E-state index < -0.39 is 5.60 Å². The van der Waals surface area contributed by atoms with Crippen molar-refractivity contribution in [1.29, 1.82) is 0 Å². The number of fused-ring (bicyclic) bond motifs is 2. The summed E-state index contributed by atoms with van der Waals surface area (Å²) in [7, 11) is -0.356. The van der Waals surface area contributed by atoms with Crippen molar-refractivity contribution in [2.24, 2.45) is 0 Å². The highest BCUT2D eigenvalue weighted by atomic mass is 16.7. The average Bonchev–Trinajstić information content (AvgIpc) is 2.95. The fourth-order valence-corrected chi connectivity index (χ4v) is 4.36. The van der Waals surface area contributed by atoms with Gasteiger partial charge in [-0.2, -0.15) is 0 Å². The molecular formula is C20H29BO4. The predicted octanol–water partition coefficient (Wildman–Crippen LogP) is 2.60. The van der Waals surface area contributed by atoms with Crippen LogP contribution < -0.4 is 5.46 Å². The Morgan fingerprint density at radius 2 is 1.64 bits per heavy atom. The predicted molar refractivity (Wildman–Crippen MR) is 97.9 cm³/mol. The summed E-state index contributed by atoms with van der Waals surface area (Å²) >= 11 is 0. The molecule has 2 bridgehead atoms. The molecule has 3 heterocycles. The standard InChI is InChI=1S/C20H29BO4/c1-18(2)19(3,4)25-21(24-18)15-7-5-6-14(10-15)11-20(22)12-16-8-9-17(13-20)23-16/h5-7,10,16-17,22H,8-9,11-13H2,1-4H3. The van der Waals surface area contributed by atoms with Crippen LogP contribution in [-0.4, -0.2) is 41.2 Å². The molecule has 1 aromatic carbocycles. The highest BCUT2D eigenvalue weighted by molar-refractivity contribution is 6.62. The fourth-order valence-electron chi connectivity index (χ4n) is 4.36. The quantitative estimate of drug-likeness (QED) is 0.857. The lowest BCUT2D eigenvalue weighted by Crippen LogP contribution is -2.43. The zero-order valence-electron chi connectivity index (χ0n) is 15.7. The van der Waals surface area contributed by atoms with Gasteiger partial charge in [0.15, 0.2) is 0 Å². The van der Waals surface area contributed by atoms with E-state index in [0.717, 1.165) is 36.7 Å². The minimum atomic E-state index is -0.654. The first-order chi connectivity index (χ1) is 11.7. The molecule has 0 amide bonds. The molecule has 3 aliphatic rings. The number of hydrogen-bond acceptors (Lipinski definition) is 4. The van der Waals surface area contributed by atoms with Crippen molar-refractivity contribution in [3.63, 3.8) is 0 Å². The second-order valence-electron chi connectivity index (χ2n) is 9.10. The number of benzene rings is 1. The lowest BCUT2D eigenvalue weighted by molar-refractivity contribution is -0.110. The summed E-state index contributed by atoms with van der Waals surface area (Å²) in [4.78, 5) is 0. The van der Waals surface area contributed by atoms with Crippen LogP contribution in [-0.2, 0) is 20.5 Å². The third-order valence-electron chi connectivity index (χ3n) is 6.42. The molecule has 2 atom stereocenters. The van der Waals surface area contributed by atoms with Crippen molar-refractivity contribution < 1.29 is 19.2 Å². The Hall–Kier alpha value is -0.875. The molecule has 136 valence electrons. The Balaban J connectivity index is 1.51. The van der Waals surface area contributed by atoms with Crippen molar-refractivity contribution in [1.82, 2.24) is 0 Å². The normalized spacial score (nSPS) is 36.0. The molecule has 3 fully saturated rings. The van der Waals surface area contributed by atoms with E-state index in [4.69, 9.17) is 14.0 Å². The second-order valence-corrected chi connectivity index (χ2v) is 9.10. The van der Waals surface area contributed by atoms with Crippen LogP contribution in [0.15, 0.2) is 24.3 Å². The van der Waals surface area contributed by atoms with E-state index in [1.807, 2.05) is 12.1 Å². The smallest absolute Gasteiger partial charge is 0.399 e. The molecule has 3 aliphatic heterocycles. The van der Waals surface area contributed by atoms with E-state index in [1.54, 1.807) is 0 Å². The highest BCUT2D eigenvalue weighted by Gasteiger charge is 2.51. The van der Waals surface area contributed by atoms with E-state index in [2.05, 4.69) is 39.8 Å². The first-order valence-electron chi connectivity index (χ1n) is 9.48. The molecule has 0 aliphatic carbocycles. The van der Waals surface area contributed by atoms with Crippen molar-refractivity contribution in [2.45, 2.75) is 88.8 Å². The van der Waals surface area contributed by atoms with Gasteiger partial charge in [-0.3, -0.25) is 0 Å². The van der Waals surface area contributed by atoms with E-state index in [9.17, 15) is 5.11 Å². The Bertz CT molecular complexity index is 629. The molecular weight excluding hydrogens is 315 g/mol. The maximum Gasteiger partial charge on any atom is 0.494 e. The van der Waals surface area contributed by atoms with Gasteiger partial charge >= 0.3 is 7.12 Å². The summed E-state index contributed by atoms with van der Waals surface area (Å²) in [6.45, 7) is 8.27. The first-order valence-corrected chi connectivity index (χ1v) is 9.48. The van der Waals surface area contributed by atoms with E-state index >= 15 is 0 Å². The van der Waals surface area contributed by atoms with Crippen molar-refractivity contribution in [3.05, 3.63) is 29.8 Å². The van der Waals surface area contributed by atoms with E-state index in [1.165, 1.54) is 0 Å². The number of rotatable bonds is 3. The fraction of sp³-hybridized carbons (Fsp3) is 0.700. The summed E-state index contributed by atoms with van der Waals surface area (Å²) in [5.41, 5.74) is 0.821. The van der Waals surface area contributed by atoms with E-state index in [-0.39, 0.29) is 30.5 Å². The minimum absolute atomic E-state index is 0.232. The van der Waals surface area contributed by atoms with Crippen LogP contribution in [0.5, 0.6) is 0 Å². The Labute approximate surface area is 151 Å². The number of hydrogen-bond donors (Lipinski definition) is 1. The lowest BCUT2D eigenvalue weighted by atomic mass is 9.76. The summed E-state index contributed by atoms with van der Waals surface area (Å²) in [6.07, 6.45) is 4.78. The van der Waals surface area contributed by atoms with Gasteiger partial charge in [0.2, 0.25) is 0 Å². The molecule has 1 N–H and O–H groups in total. The van der Waals surface area contributed by atoms with Gasteiger partial charge in [0.1, 0.15) is 0 Å². The molecule has 0 spiro atoms. The monoisotopic (exact) mass is 344 g/mol. The first kappa shape index (κ1) is 17.5. The largest absolute Gasteiger partial charge is 0.494 e. The summed E-state index contributed by atoms with van der Waals surface area (Å²) in [6, 6.07) is 8.29. The SMILES string of the molecule is CC1(C)OB(c2cccc(CC3(O)CC4CCC(C3)O4)c2)OC1(C)C. The van der Waals surface area contributed by atoms with Crippen LogP contribution in [0, 0.1) is 0 Å². The lowest BCUT2D eigenvalue weighted by Gasteiger charge is -2.36. The summed E-state index contributed by atoms with van der Waals surface area (Å²) in [5, 5.41) is 11.1. The van der Waals surface area contributed by atoms with Gasteiger partial charge in [-0.15, -0.1) is 0 Å².